The quantitative estimate of drug-likeness (QED) is 0.611. The lowest BCUT2D eigenvalue weighted by Crippen LogP contribution is -2.33. The summed E-state index contributed by atoms with van der Waals surface area (Å²) < 4.78 is 4.77. The first-order chi connectivity index (χ1) is 9.86. The molecule has 0 spiro atoms. The van der Waals surface area contributed by atoms with Gasteiger partial charge in [0.05, 0.1) is 12.5 Å². The Bertz CT molecular complexity index is 534. The van der Waals surface area contributed by atoms with Crippen molar-refractivity contribution in [2.24, 2.45) is 11.7 Å². The van der Waals surface area contributed by atoms with Crippen molar-refractivity contribution in [2.75, 3.05) is 6.61 Å². The second-order valence-corrected chi connectivity index (χ2v) is 4.85. The summed E-state index contributed by atoms with van der Waals surface area (Å²) >= 11 is 0. The Morgan fingerprint density at radius 1 is 1.33 bits per heavy atom. The lowest BCUT2D eigenvalue weighted by Gasteiger charge is -2.15. The molecule has 0 heterocycles. The molecule has 1 aromatic carbocycles. The summed E-state index contributed by atoms with van der Waals surface area (Å²) in [5.41, 5.74) is 7.84. The van der Waals surface area contributed by atoms with Gasteiger partial charge in [-0.25, -0.2) is 0 Å². The summed E-state index contributed by atoms with van der Waals surface area (Å²) in [6, 6.07) is 7.32. The van der Waals surface area contributed by atoms with Gasteiger partial charge >= 0.3 is 5.97 Å². The van der Waals surface area contributed by atoms with Crippen molar-refractivity contribution < 1.29 is 19.4 Å². The summed E-state index contributed by atoms with van der Waals surface area (Å²) in [4.78, 5) is 23.4. The molecule has 114 valence electrons. The number of aliphatic hydroxyl groups is 1. The molecule has 0 saturated carbocycles. The molecule has 0 saturated heterocycles. The van der Waals surface area contributed by atoms with Gasteiger partial charge in [0.25, 0.3) is 0 Å². The highest BCUT2D eigenvalue weighted by molar-refractivity contribution is 6.01. The van der Waals surface area contributed by atoms with Crippen LogP contribution in [0.5, 0.6) is 0 Å². The van der Waals surface area contributed by atoms with E-state index in [4.69, 9.17) is 10.5 Å². The van der Waals surface area contributed by atoms with Crippen molar-refractivity contribution >= 4 is 17.4 Å². The highest BCUT2D eigenvalue weighted by Crippen LogP contribution is 2.13. The van der Waals surface area contributed by atoms with Crippen LogP contribution in [0.4, 0.5) is 0 Å². The number of carbonyl (C=O) groups excluding carboxylic acids is 2. The highest BCUT2D eigenvalue weighted by atomic mass is 16.5. The van der Waals surface area contributed by atoms with Gasteiger partial charge in [-0.1, -0.05) is 29.8 Å². The van der Waals surface area contributed by atoms with Gasteiger partial charge in [0.1, 0.15) is 6.10 Å². The van der Waals surface area contributed by atoms with Gasteiger partial charge in [-0.15, -0.1) is 0 Å². The number of carbonyl (C=O) groups is 2. The molecule has 0 amide bonds. The van der Waals surface area contributed by atoms with E-state index in [0.29, 0.717) is 5.56 Å². The number of ether oxygens (including phenoxy) is 1. The van der Waals surface area contributed by atoms with Crippen LogP contribution in [-0.4, -0.2) is 29.6 Å². The van der Waals surface area contributed by atoms with E-state index in [0.717, 1.165) is 11.6 Å². The Hall–Kier alpha value is -2.14. The van der Waals surface area contributed by atoms with Crippen LogP contribution in [0.25, 0.3) is 5.70 Å². The maximum absolute atomic E-state index is 11.9. The molecule has 5 nitrogen and oxygen atoms in total. The molecule has 1 rings (SSSR count). The average Bonchev–Trinajstić information content (AvgIpc) is 2.46. The van der Waals surface area contributed by atoms with Crippen molar-refractivity contribution in [2.45, 2.75) is 26.9 Å². The first-order valence-electron chi connectivity index (χ1n) is 6.79. The summed E-state index contributed by atoms with van der Waals surface area (Å²) in [5, 5.41) is 9.87. The largest absolute Gasteiger partial charge is 0.466 e. The smallest absolute Gasteiger partial charge is 0.311 e. The van der Waals surface area contributed by atoms with E-state index in [1.807, 2.05) is 19.1 Å². The van der Waals surface area contributed by atoms with Crippen molar-refractivity contribution in [3.8, 4) is 0 Å². The number of esters is 1. The van der Waals surface area contributed by atoms with Crippen LogP contribution < -0.4 is 5.73 Å². The Balaban J connectivity index is 2.80. The van der Waals surface area contributed by atoms with Crippen molar-refractivity contribution in [1.29, 1.82) is 0 Å². The Morgan fingerprint density at radius 2 is 1.90 bits per heavy atom. The molecule has 2 unspecified atom stereocenters. The summed E-state index contributed by atoms with van der Waals surface area (Å²) in [7, 11) is 0. The molecule has 0 fully saturated rings. The number of hydrogen-bond acceptors (Lipinski definition) is 5. The molecule has 0 bridgehead atoms. The monoisotopic (exact) mass is 291 g/mol. The topological polar surface area (TPSA) is 89.6 Å². The number of hydrogen-bond donors (Lipinski definition) is 2. The summed E-state index contributed by atoms with van der Waals surface area (Å²) in [6.45, 7) is 5.25. The molecule has 0 radical (unpaired) electrons. The zero-order valence-electron chi connectivity index (χ0n) is 12.5. The molecule has 2 atom stereocenters. The van der Waals surface area contributed by atoms with Gasteiger partial charge in [-0.3, -0.25) is 9.59 Å². The number of benzene rings is 1. The van der Waals surface area contributed by atoms with Gasteiger partial charge < -0.3 is 15.6 Å². The minimum Gasteiger partial charge on any atom is -0.466 e. The minimum absolute atomic E-state index is 0.200. The Morgan fingerprint density at radius 3 is 2.43 bits per heavy atom. The third-order valence-electron chi connectivity index (χ3n) is 3.11. The van der Waals surface area contributed by atoms with Gasteiger partial charge in [0.15, 0.2) is 5.78 Å². The predicted molar refractivity (Wildman–Crippen MR) is 80.2 cm³/mol. The SMILES string of the molecule is CCOC(=O)C(C)C(O)C(=O)/C=C(\N)c1ccc(C)cc1. The Kier molecular flexibility index (Phi) is 6.11. The van der Waals surface area contributed by atoms with Crippen LogP contribution in [0.15, 0.2) is 30.3 Å². The number of nitrogens with two attached hydrogens (primary N) is 1. The van der Waals surface area contributed by atoms with E-state index in [1.54, 1.807) is 19.1 Å². The third kappa shape index (κ3) is 4.72. The van der Waals surface area contributed by atoms with Crippen LogP contribution in [-0.2, 0) is 14.3 Å². The molecule has 3 N–H and O–H groups in total. The van der Waals surface area contributed by atoms with Crippen molar-refractivity contribution in [3.63, 3.8) is 0 Å². The van der Waals surface area contributed by atoms with E-state index in [9.17, 15) is 14.7 Å². The standard InChI is InChI=1S/C16H21NO4/c1-4-21-16(20)11(3)15(19)14(18)9-13(17)12-7-5-10(2)6-8-12/h5-9,11,15,19H,4,17H2,1-3H3/b13-9-. The second-order valence-electron chi connectivity index (χ2n) is 4.85. The molecule has 0 aliphatic carbocycles. The maximum atomic E-state index is 11.9. The Labute approximate surface area is 124 Å². The van der Waals surface area contributed by atoms with Gasteiger partial charge in [0.2, 0.25) is 0 Å². The molecule has 1 aromatic rings. The van der Waals surface area contributed by atoms with Gasteiger partial charge in [-0.2, -0.15) is 0 Å². The van der Waals surface area contributed by atoms with Crippen LogP contribution in [0.1, 0.15) is 25.0 Å². The fourth-order valence-electron chi connectivity index (χ4n) is 1.72. The number of aliphatic hydroxyl groups excluding tert-OH is 1. The van der Waals surface area contributed by atoms with E-state index >= 15 is 0 Å². The molecule has 5 heteroatoms. The zero-order chi connectivity index (χ0) is 16.0. The molecular weight excluding hydrogens is 270 g/mol. The predicted octanol–water partition coefficient (Wildman–Crippen LogP) is 1.42. The van der Waals surface area contributed by atoms with E-state index < -0.39 is 23.8 Å². The van der Waals surface area contributed by atoms with E-state index in [1.165, 1.54) is 6.92 Å². The number of rotatable bonds is 6. The third-order valence-corrected chi connectivity index (χ3v) is 3.11. The molecular formula is C16H21NO4. The second kappa shape index (κ2) is 7.59. The minimum atomic E-state index is -1.46. The number of ketones is 1. The first kappa shape index (κ1) is 16.9. The fraction of sp³-hybridized carbons (Fsp3) is 0.375. The zero-order valence-corrected chi connectivity index (χ0v) is 12.5. The summed E-state index contributed by atoms with van der Waals surface area (Å²) in [5.74, 6) is -2.16. The average molecular weight is 291 g/mol. The molecule has 0 aliphatic rings. The molecule has 0 aromatic heterocycles. The van der Waals surface area contributed by atoms with E-state index in [-0.39, 0.29) is 12.3 Å². The van der Waals surface area contributed by atoms with Crippen LogP contribution >= 0.6 is 0 Å². The van der Waals surface area contributed by atoms with Crippen LogP contribution in [0.3, 0.4) is 0 Å². The fourth-order valence-corrected chi connectivity index (χ4v) is 1.72. The van der Waals surface area contributed by atoms with Crippen molar-refractivity contribution in [3.05, 3.63) is 41.5 Å². The van der Waals surface area contributed by atoms with E-state index in [2.05, 4.69) is 0 Å². The normalized spacial score (nSPS) is 14.4. The number of aryl methyl sites for hydroxylation is 1. The molecule has 21 heavy (non-hydrogen) atoms. The molecule has 0 aliphatic heterocycles. The van der Waals surface area contributed by atoms with Gasteiger partial charge in [-0.05, 0) is 26.3 Å². The van der Waals surface area contributed by atoms with Crippen LogP contribution in [0.2, 0.25) is 0 Å². The maximum Gasteiger partial charge on any atom is 0.311 e. The van der Waals surface area contributed by atoms with Gasteiger partial charge in [0, 0.05) is 11.8 Å². The highest BCUT2D eigenvalue weighted by Gasteiger charge is 2.28. The van der Waals surface area contributed by atoms with Crippen molar-refractivity contribution in [1.82, 2.24) is 0 Å². The lowest BCUT2D eigenvalue weighted by atomic mass is 9.99. The van der Waals surface area contributed by atoms with Crippen LogP contribution in [0, 0.1) is 12.8 Å². The summed E-state index contributed by atoms with van der Waals surface area (Å²) in [6.07, 6.45) is -0.321. The lowest BCUT2D eigenvalue weighted by molar-refractivity contribution is -0.153. The first-order valence-corrected chi connectivity index (χ1v) is 6.79.